The first-order chi connectivity index (χ1) is 10.2. The standard InChI is InChI=1S/C17H25NO3/c1-14(9-10-16-8-5-11-20-12-16)18-17(19)21-13-15-6-3-2-4-7-15/h2-4,6-7,14,16H,5,8-13H2,1H3,(H,18,19)/t14?,16-/m1/s1. The molecule has 1 aliphatic rings. The van der Waals surface area contributed by atoms with Gasteiger partial charge in [-0.05, 0) is 44.1 Å². The molecule has 0 bridgehead atoms. The Kier molecular flexibility index (Phi) is 6.54. The monoisotopic (exact) mass is 291 g/mol. The highest BCUT2D eigenvalue weighted by atomic mass is 16.5. The number of alkyl carbamates (subject to hydrolysis) is 1. The molecule has 0 aromatic heterocycles. The minimum absolute atomic E-state index is 0.134. The van der Waals surface area contributed by atoms with Crippen LogP contribution in [0.2, 0.25) is 0 Å². The van der Waals surface area contributed by atoms with Gasteiger partial charge in [0.2, 0.25) is 0 Å². The average Bonchev–Trinajstić information content (AvgIpc) is 2.53. The van der Waals surface area contributed by atoms with E-state index in [1.807, 2.05) is 37.3 Å². The molecule has 1 aromatic carbocycles. The predicted molar refractivity (Wildman–Crippen MR) is 82.0 cm³/mol. The smallest absolute Gasteiger partial charge is 0.407 e. The van der Waals surface area contributed by atoms with E-state index in [0.29, 0.717) is 12.5 Å². The second-order valence-corrected chi connectivity index (χ2v) is 5.77. The van der Waals surface area contributed by atoms with Crippen LogP contribution < -0.4 is 5.32 Å². The van der Waals surface area contributed by atoms with Crippen molar-refractivity contribution in [1.29, 1.82) is 0 Å². The van der Waals surface area contributed by atoms with Crippen molar-refractivity contribution in [3.63, 3.8) is 0 Å². The van der Waals surface area contributed by atoms with E-state index in [1.54, 1.807) is 0 Å². The molecule has 1 saturated heterocycles. The molecular formula is C17H25NO3. The van der Waals surface area contributed by atoms with E-state index >= 15 is 0 Å². The van der Waals surface area contributed by atoms with Crippen molar-refractivity contribution in [2.24, 2.45) is 5.92 Å². The number of nitrogens with one attached hydrogen (secondary N) is 1. The Morgan fingerprint density at radius 3 is 2.95 bits per heavy atom. The third-order valence-electron chi connectivity index (χ3n) is 3.84. The van der Waals surface area contributed by atoms with Crippen molar-refractivity contribution in [2.45, 2.75) is 45.3 Å². The van der Waals surface area contributed by atoms with E-state index in [0.717, 1.165) is 38.0 Å². The van der Waals surface area contributed by atoms with Crippen LogP contribution in [0.3, 0.4) is 0 Å². The molecule has 1 amide bonds. The maximum absolute atomic E-state index is 11.7. The Labute approximate surface area is 126 Å². The fraction of sp³-hybridized carbons (Fsp3) is 0.588. The Morgan fingerprint density at radius 2 is 2.24 bits per heavy atom. The van der Waals surface area contributed by atoms with Crippen molar-refractivity contribution in [3.8, 4) is 0 Å². The fourth-order valence-electron chi connectivity index (χ4n) is 2.56. The number of amides is 1. The average molecular weight is 291 g/mol. The summed E-state index contributed by atoms with van der Waals surface area (Å²) in [7, 11) is 0. The molecule has 4 nitrogen and oxygen atoms in total. The summed E-state index contributed by atoms with van der Waals surface area (Å²) in [6.45, 7) is 4.10. The first-order valence-corrected chi connectivity index (χ1v) is 7.79. The van der Waals surface area contributed by atoms with Crippen LogP contribution >= 0.6 is 0 Å². The maximum Gasteiger partial charge on any atom is 0.407 e. The van der Waals surface area contributed by atoms with Crippen LogP contribution in [0.4, 0.5) is 4.79 Å². The molecule has 1 heterocycles. The highest BCUT2D eigenvalue weighted by Crippen LogP contribution is 2.19. The van der Waals surface area contributed by atoms with Crippen molar-refractivity contribution in [1.82, 2.24) is 5.32 Å². The normalized spacial score (nSPS) is 19.8. The minimum Gasteiger partial charge on any atom is -0.445 e. The summed E-state index contributed by atoms with van der Waals surface area (Å²) in [5, 5.41) is 2.89. The van der Waals surface area contributed by atoms with Crippen LogP contribution in [0, 0.1) is 5.92 Å². The highest BCUT2D eigenvalue weighted by Gasteiger charge is 2.16. The molecule has 0 aliphatic carbocycles. The molecule has 1 fully saturated rings. The Hall–Kier alpha value is -1.55. The van der Waals surface area contributed by atoms with Crippen LogP contribution in [0.25, 0.3) is 0 Å². The van der Waals surface area contributed by atoms with E-state index < -0.39 is 0 Å². The zero-order valence-corrected chi connectivity index (χ0v) is 12.7. The molecular weight excluding hydrogens is 266 g/mol. The SMILES string of the molecule is CC(CC[C@H]1CCCOC1)NC(=O)OCc1ccccc1. The summed E-state index contributed by atoms with van der Waals surface area (Å²) < 4.78 is 10.7. The Bertz CT molecular complexity index is 415. The van der Waals surface area contributed by atoms with Crippen LogP contribution in [0.1, 0.15) is 38.2 Å². The molecule has 2 atom stereocenters. The summed E-state index contributed by atoms with van der Waals surface area (Å²) in [6, 6.07) is 9.84. The number of hydrogen-bond donors (Lipinski definition) is 1. The topological polar surface area (TPSA) is 47.6 Å². The van der Waals surface area contributed by atoms with E-state index in [2.05, 4.69) is 5.32 Å². The summed E-state index contributed by atoms with van der Waals surface area (Å²) in [4.78, 5) is 11.7. The quantitative estimate of drug-likeness (QED) is 0.872. The van der Waals surface area contributed by atoms with E-state index in [4.69, 9.17) is 9.47 Å². The van der Waals surface area contributed by atoms with Gasteiger partial charge in [-0.2, -0.15) is 0 Å². The molecule has 1 unspecified atom stereocenters. The van der Waals surface area contributed by atoms with Gasteiger partial charge >= 0.3 is 6.09 Å². The Balaban J connectivity index is 1.60. The Morgan fingerprint density at radius 1 is 1.43 bits per heavy atom. The van der Waals surface area contributed by atoms with Crippen molar-refractivity contribution >= 4 is 6.09 Å². The van der Waals surface area contributed by atoms with Gasteiger partial charge in [0.1, 0.15) is 6.61 Å². The first kappa shape index (κ1) is 15.8. The number of carbonyl (C=O) groups is 1. The molecule has 1 aliphatic heterocycles. The molecule has 21 heavy (non-hydrogen) atoms. The van der Waals surface area contributed by atoms with Gasteiger partial charge in [0, 0.05) is 19.3 Å². The molecule has 0 spiro atoms. The van der Waals surface area contributed by atoms with Crippen LogP contribution in [0.5, 0.6) is 0 Å². The highest BCUT2D eigenvalue weighted by molar-refractivity contribution is 5.67. The third-order valence-corrected chi connectivity index (χ3v) is 3.84. The molecule has 1 aromatic rings. The minimum atomic E-state index is -0.341. The van der Waals surface area contributed by atoms with E-state index in [9.17, 15) is 4.79 Å². The van der Waals surface area contributed by atoms with Crippen LogP contribution in [-0.2, 0) is 16.1 Å². The number of rotatable bonds is 6. The van der Waals surface area contributed by atoms with Gasteiger partial charge in [0.25, 0.3) is 0 Å². The molecule has 4 heteroatoms. The largest absolute Gasteiger partial charge is 0.445 e. The molecule has 116 valence electrons. The van der Waals surface area contributed by atoms with Gasteiger partial charge in [-0.15, -0.1) is 0 Å². The summed E-state index contributed by atoms with van der Waals surface area (Å²) >= 11 is 0. The van der Waals surface area contributed by atoms with Gasteiger partial charge in [-0.1, -0.05) is 30.3 Å². The number of ether oxygens (including phenoxy) is 2. The van der Waals surface area contributed by atoms with Gasteiger partial charge in [0.05, 0.1) is 0 Å². The third kappa shape index (κ3) is 6.17. The van der Waals surface area contributed by atoms with Crippen LogP contribution in [-0.4, -0.2) is 25.3 Å². The van der Waals surface area contributed by atoms with Gasteiger partial charge in [-0.3, -0.25) is 0 Å². The van der Waals surface area contributed by atoms with E-state index in [-0.39, 0.29) is 12.1 Å². The van der Waals surface area contributed by atoms with E-state index in [1.165, 1.54) is 6.42 Å². The van der Waals surface area contributed by atoms with Gasteiger partial charge in [-0.25, -0.2) is 4.79 Å². The van der Waals surface area contributed by atoms with Gasteiger partial charge < -0.3 is 14.8 Å². The van der Waals surface area contributed by atoms with Gasteiger partial charge in [0.15, 0.2) is 0 Å². The summed E-state index contributed by atoms with van der Waals surface area (Å²) in [6.07, 6.45) is 4.12. The summed E-state index contributed by atoms with van der Waals surface area (Å²) in [5.41, 5.74) is 1.000. The fourth-order valence-corrected chi connectivity index (χ4v) is 2.56. The van der Waals surface area contributed by atoms with Crippen molar-refractivity contribution in [2.75, 3.05) is 13.2 Å². The molecule has 0 saturated carbocycles. The predicted octanol–water partition coefficient (Wildman–Crippen LogP) is 3.51. The lowest BCUT2D eigenvalue weighted by Gasteiger charge is -2.23. The molecule has 0 radical (unpaired) electrons. The first-order valence-electron chi connectivity index (χ1n) is 7.79. The second-order valence-electron chi connectivity index (χ2n) is 5.77. The zero-order valence-electron chi connectivity index (χ0n) is 12.7. The second kappa shape index (κ2) is 8.67. The summed E-state index contributed by atoms with van der Waals surface area (Å²) in [5.74, 6) is 0.642. The zero-order chi connectivity index (χ0) is 14.9. The lowest BCUT2D eigenvalue weighted by atomic mass is 9.95. The number of hydrogen-bond acceptors (Lipinski definition) is 3. The van der Waals surface area contributed by atoms with Crippen molar-refractivity contribution in [3.05, 3.63) is 35.9 Å². The lowest BCUT2D eigenvalue weighted by molar-refractivity contribution is 0.0499. The lowest BCUT2D eigenvalue weighted by Crippen LogP contribution is -2.33. The molecule has 1 N–H and O–H groups in total. The number of benzene rings is 1. The molecule has 2 rings (SSSR count). The van der Waals surface area contributed by atoms with Crippen LogP contribution in [0.15, 0.2) is 30.3 Å². The van der Waals surface area contributed by atoms with Crippen molar-refractivity contribution < 1.29 is 14.3 Å². The maximum atomic E-state index is 11.7. The number of carbonyl (C=O) groups excluding carboxylic acids is 1.